The molecule has 0 unspecified atom stereocenters. The van der Waals surface area contributed by atoms with E-state index in [0.29, 0.717) is 18.4 Å². The van der Waals surface area contributed by atoms with Crippen LogP contribution in [0.1, 0.15) is 55.2 Å². The van der Waals surface area contributed by atoms with Crippen molar-refractivity contribution >= 4 is 11.9 Å². The molecule has 2 N–H and O–H groups in total. The number of carbonyl (C=O) groups excluding carboxylic acids is 1. The first-order chi connectivity index (χ1) is 14.1. The van der Waals surface area contributed by atoms with Gasteiger partial charge in [-0.15, -0.1) is 0 Å². The third kappa shape index (κ3) is 5.53. The maximum absolute atomic E-state index is 12.8. The normalized spacial score (nSPS) is 25.8. The summed E-state index contributed by atoms with van der Waals surface area (Å²) in [6, 6.07) is 5.49. The van der Waals surface area contributed by atoms with E-state index in [1.165, 1.54) is 4.90 Å². The zero-order valence-electron chi connectivity index (χ0n) is 17.6. The van der Waals surface area contributed by atoms with Gasteiger partial charge in [-0.3, -0.25) is 9.69 Å². The van der Waals surface area contributed by atoms with E-state index in [9.17, 15) is 18.0 Å². The van der Waals surface area contributed by atoms with Crippen LogP contribution in [0.3, 0.4) is 0 Å². The lowest BCUT2D eigenvalue weighted by atomic mass is 9.67. The largest absolute Gasteiger partial charge is 0.389 e. The molecule has 166 valence electrons. The maximum atomic E-state index is 12.8. The zero-order chi connectivity index (χ0) is 21.9. The summed E-state index contributed by atoms with van der Waals surface area (Å²) in [6.45, 7) is 0.245. The van der Waals surface area contributed by atoms with Gasteiger partial charge in [0.2, 0.25) is 5.91 Å². The van der Waals surface area contributed by atoms with Crippen molar-refractivity contribution in [3.63, 3.8) is 0 Å². The first-order valence-corrected chi connectivity index (χ1v) is 10.4. The van der Waals surface area contributed by atoms with E-state index in [1.54, 1.807) is 20.2 Å². The van der Waals surface area contributed by atoms with Crippen LogP contribution in [0.2, 0.25) is 0 Å². The van der Waals surface area contributed by atoms with Gasteiger partial charge in [-0.1, -0.05) is 18.2 Å². The fraction of sp³-hybridized carbons (Fsp3) is 0.636. The maximum Gasteiger partial charge on any atom is 0.389 e. The lowest BCUT2D eigenvalue weighted by Gasteiger charge is -2.41. The van der Waals surface area contributed by atoms with Crippen LogP contribution in [0.4, 0.5) is 13.2 Å². The molecule has 0 radical (unpaired) electrons. The molecule has 30 heavy (non-hydrogen) atoms. The minimum atomic E-state index is -4.19. The van der Waals surface area contributed by atoms with Gasteiger partial charge in [0.25, 0.3) is 0 Å². The molecule has 1 aromatic carbocycles. The number of nitrogens with two attached hydrogens (primary N) is 1. The van der Waals surface area contributed by atoms with E-state index in [0.717, 1.165) is 36.8 Å². The number of benzene rings is 1. The van der Waals surface area contributed by atoms with Crippen molar-refractivity contribution in [1.29, 1.82) is 0 Å². The van der Waals surface area contributed by atoms with Gasteiger partial charge in [0.05, 0.1) is 12.6 Å². The molecule has 2 aliphatic rings. The van der Waals surface area contributed by atoms with E-state index in [-0.39, 0.29) is 36.4 Å². The molecule has 0 aromatic heterocycles. The Hall–Kier alpha value is -2.09. The van der Waals surface area contributed by atoms with E-state index in [4.69, 9.17) is 10.5 Å². The third-order valence-corrected chi connectivity index (χ3v) is 6.52. The van der Waals surface area contributed by atoms with Gasteiger partial charge in [0.15, 0.2) is 5.96 Å². The molecule has 0 saturated heterocycles. The highest BCUT2D eigenvalue weighted by molar-refractivity contribution is 5.96. The average molecular weight is 425 g/mol. The van der Waals surface area contributed by atoms with Crippen LogP contribution in [-0.2, 0) is 28.9 Å². The zero-order valence-corrected chi connectivity index (χ0v) is 17.6. The predicted molar refractivity (Wildman–Crippen MR) is 109 cm³/mol. The summed E-state index contributed by atoms with van der Waals surface area (Å²) in [5, 5.41) is 0. The molecule has 8 heteroatoms. The van der Waals surface area contributed by atoms with Crippen LogP contribution in [0.15, 0.2) is 23.2 Å². The smallest absolute Gasteiger partial charge is 0.381 e. The number of alkyl halides is 3. The molecule has 1 aromatic rings. The Bertz CT molecular complexity index is 799. The Morgan fingerprint density at radius 2 is 1.93 bits per heavy atom. The molecule has 1 aliphatic carbocycles. The fourth-order valence-electron chi connectivity index (χ4n) is 4.54. The molecular weight excluding hydrogens is 395 g/mol. The molecule has 1 saturated carbocycles. The first kappa shape index (κ1) is 22.6. The molecule has 3 rings (SSSR count). The number of aliphatic imine (C=N–C) groups is 1. The minimum Gasteiger partial charge on any atom is -0.381 e. The van der Waals surface area contributed by atoms with Gasteiger partial charge in [-0.2, -0.15) is 13.2 Å². The number of guanidine groups is 1. The number of aryl methyl sites for hydroxylation is 1. The third-order valence-electron chi connectivity index (χ3n) is 6.52. The van der Waals surface area contributed by atoms with E-state index < -0.39 is 12.6 Å². The molecule has 0 atom stereocenters. The van der Waals surface area contributed by atoms with Gasteiger partial charge in [0, 0.05) is 27.0 Å². The molecule has 1 heterocycles. The Labute approximate surface area is 175 Å². The number of hydrogen-bond donors (Lipinski definition) is 1. The van der Waals surface area contributed by atoms with Crippen molar-refractivity contribution in [2.45, 2.75) is 70.2 Å². The van der Waals surface area contributed by atoms with Crippen LogP contribution in [0, 0.1) is 5.41 Å². The summed E-state index contributed by atoms with van der Waals surface area (Å²) >= 11 is 0. The molecule has 5 nitrogen and oxygen atoms in total. The van der Waals surface area contributed by atoms with Crippen molar-refractivity contribution < 1.29 is 22.7 Å². The summed E-state index contributed by atoms with van der Waals surface area (Å²) in [5.74, 6) is 0.0756. The van der Waals surface area contributed by atoms with Crippen molar-refractivity contribution in [1.82, 2.24) is 4.90 Å². The van der Waals surface area contributed by atoms with Crippen LogP contribution in [0.25, 0.3) is 0 Å². The van der Waals surface area contributed by atoms with E-state index in [1.807, 2.05) is 12.1 Å². The predicted octanol–water partition coefficient (Wildman–Crippen LogP) is 3.98. The lowest BCUT2D eigenvalue weighted by molar-refractivity contribution is -0.134. The van der Waals surface area contributed by atoms with Gasteiger partial charge in [-0.25, -0.2) is 4.99 Å². The highest BCUT2D eigenvalue weighted by Gasteiger charge is 2.39. The summed E-state index contributed by atoms with van der Waals surface area (Å²) in [5.41, 5.74) is 8.37. The number of carbonyl (C=O) groups is 1. The highest BCUT2D eigenvalue weighted by atomic mass is 19.4. The lowest BCUT2D eigenvalue weighted by Crippen LogP contribution is -2.44. The van der Waals surface area contributed by atoms with Crippen LogP contribution in [0.5, 0.6) is 0 Å². The fourth-order valence-corrected chi connectivity index (χ4v) is 4.54. The summed E-state index contributed by atoms with van der Waals surface area (Å²) < 4.78 is 43.4. The number of rotatable bonds is 3. The summed E-state index contributed by atoms with van der Waals surface area (Å²) in [6.07, 6.45) is -0.337. The van der Waals surface area contributed by atoms with E-state index >= 15 is 0 Å². The second-order valence-electron chi connectivity index (χ2n) is 8.63. The van der Waals surface area contributed by atoms with Gasteiger partial charge in [0.1, 0.15) is 0 Å². The molecule has 1 spiro atoms. The van der Waals surface area contributed by atoms with Crippen molar-refractivity contribution in [2.24, 2.45) is 16.1 Å². The van der Waals surface area contributed by atoms with Gasteiger partial charge in [-0.05, 0) is 60.6 Å². The molecule has 1 amide bonds. The first-order valence-electron chi connectivity index (χ1n) is 10.4. The number of nitrogens with zero attached hydrogens (tertiary/aromatic N) is 2. The average Bonchev–Trinajstić information content (AvgIpc) is 2.70. The molecule has 1 aliphatic heterocycles. The number of ether oxygens (including phenoxy) is 1. The van der Waals surface area contributed by atoms with Crippen LogP contribution >= 0.6 is 0 Å². The number of amides is 1. The second-order valence-corrected chi connectivity index (χ2v) is 8.63. The van der Waals surface area contributed by atoms with E-state index in [2.05, 4.69) is 4.99 Å². The molecule has 1 fully saturated rings. The number of halogens is 3. The highest BCUT2D eigenvalue weighted by Crippen LogP contribution is 2.44. The Morgan fingerprint density at radius 3 is 2.57 bits per heavy atom. The van der Waals surface area contributed by atoms with Crippen molar-refractivity contribution in [3.8, 4) is 0 Å². The van der Waals surface area contributed by atoms with Crippen molar-refractivity contribution in [3.05, 3.63) is 34.9 Å². The number of hydrogen-bond acceptors (Lipinski definition) is 4. The van der Waals surface area contributed by atoms with Crippen LogP contribution in [-0.4, -0.2) is 43.2 Å². The quantitative estimate of drug-likeness (QED) is 0.797. The molecule has 0 bridgehead atoms. The Morgan fingerprint density at radius 1 is 1.23 bits per heavy atom. The van der Waals surface area contributed by atoms with Gasteiger partial charge < -0.3 is 10.5 Å². The molecular formula is C22H30F3N3O2. The monoisotopic (exact) mass is 425 g/mol. The summed E-state index contributed by atoms with van der Waals surface area (Å²) in [4.78, 5) is 18.6. The van der Waals surface area contributed by atoms with Gasteiger partial charge >= 0.3 is 6.18 Å². The SMILES string of the molecule is COC1CCC2(CC1)CC(=O)N(C)C(N)=NCc1cc(CCC(F)(F)F)ccc1C2. The number of methoxy groups -OCH3 is 1. The number of fused-ring (bicyclic) bond motifs is 1. The van der Waals surface area contributed by atoms with Crippen LogP contribution < -0.4 is 5.73 Å². The standard InChI is InChI=1S/C22H30F3N3O2/c1-28-19(29)13-21(8-6-18(30-2)7-9-21)12-16-4-3-15(5-10-22(23,24)25)11-17(16)14-27-20(28)26/h3-4,11,18H,5-10,12-14H2,1-2H3,(H2,26,27). The Balaban J connectivity index is 1.93. The topological polar surface area (TPSA) is 67.9 Å². The minimum absolute atomic E-state index is 0.0580. The Kier molecular flexibility index (Phi) is 6.75. The van der Waals surface area contributed by atoms with Crippen molar-refractivity contribution in [2.75, 3.05) is 14.2 Å². The summed E-state index contributed by atoms with van der Waals surface area (Å²) in [7, 11) is 3.34. The second kappa shape index (κ2) is 8.96.